The summed E-state index contributed by atoms with van der Waals surface area (Å²) < 4.78 is 5.07. The molecule has 1 atom stereocenters. The summed E-state index contributed by atoms with van der Waals surface area (Å²) in [7, 11) is 1.59. The standard InChI is InChI=1S/C12H16N4OS/c1-7-12(18-8(2)16-7)10(13)4-9-5-11(17-3)15-6-14-9/h5-6,10H,4,13H2,1-3H3. The first-order chi connectivity index (χ1) is 8.60. The molecule has 0 saturated heterocycles. The van der Waals surface area contributed by atoms with Gasteiger partial charge in [-0.25, -0.2) is 15.0 Å². The van der Waals surface area contributed by atoms with Crippen molar-refractivity contribution in [2.75, 3.05) is 7.11 Å². The number of hydrogen-bond donors (Lipinski definition) is 1. The fraction of sp³-hybridized carbons (Fsp3) is 0.417. The van der Waals surface area contributed by atoms with Crippen LogP contribution in [0.4, 0.5) is 0 Å². The molecule has 0 aliphatic heterocycles. The molecule has 0 fully saturated rings. The van der Waals surface area contributed by atoms with Gasteiger partial charge in [-0.15, -0.1) is 11.3 Å². The number of aromatic nitrogens is 3. The summed E-state index contributed by atoms with van der Waals surface area (Å²) in [5, 5.41) is 1.04. The molecule has 18 heavy (non-hydrogen) atoms. The molecule has 0 radical (unpaired) electrons. The fourth-order valence-corrected chi connectivity index (χ4v) is 2.74. The van der Waals surface area contributed by atoms with Crippen molar-refractivity contribution >= 4 is 11.3 Å². The van der Waals surface area contributed by atoms with Crippen LogP contribution in [0.25, 0.3) is 0 Å². The maximum atomic E-state index is 6.20. The SMILES string of the molecule is COc1cc(CC(N)c2sc(C)nc2C)ncn1. The van der Waals surface area contributed by atoms with E-state index in [1.165, 1.54) is 6.33 Å². The van der Waals surface area contributed by atoms with Gasteiger partial charge in [0.2, 0.25) is 5.88 Å². The first kappa shape index (κ1) is 12.9. The quantitative estimate of drug-likeness (QED) is 0.911. The van der Waals surface area contributed by atoms with Crippen LogP contribution in [-0.2, 0) is 6.42 Å². The van der Waals surface area contributed by atoms with E-state index < -0.39 is 0 Å². The van der Waals surface area contributed by atoms with Gasteiger partial charge in [0, 0.05) is 29.1 Å². The summed E-state index contributed by atoms with van der Waals surface area (Å²) in [5.74, 6) is 0.560. The van der Waals surface area contributed by atoms with Crippen LogP contribution in [0.1, 0.15) is 27.3 Å². The molecule has 2 aromatic rings. The molecule has 0 aliphatic rings. The third kappa shape index (κ3) is 2.83. The lowest BCUT2D eigenvalue weighted by atomic mass is 10.1. The molecular weight excluding hydrogens is 248 g/mol. The Labute approximate surface area is 110 Å². The Kier molecular flexibility index (Phi) is 3.88. The van der Waals surface area contributed by atoms with Crippen molar-refractivity contribution < 1.29 is 4.74 Å². The number of hydrogen-bond acceptors (Lipinski definition) is 6. The number of rotatable bonds is 4. The molecule has 6 heteroatoms. The minimum Gasteiger partial charge on any atom is -0.481 e. The summed E-state index contributed by atoms with van der Waals surface area (Å²) in [6.07, 6.45) is 2.15. The molecule has 0 aromatic carbocycles. The predicted molar refractivity (Wildman–Crippen MR) is 70.8 cm³/mol. The number of ether oxygens (including phenoxy) is 1. The Morgan fingerprint density at radius 1 is 1.39 bits per heavy atom. The Morgan fingerprint density at radius 3 is 2.78 bits per heavy atom. The van der Waals surface area contributed by atoms with Crippen LogP contribution in [0.3, 0.4) is 0 Å². The normalized spacial score (nSPS) is 12.4. The van der Waals surface area contributed by atoms with E-state index in [4.69, 9.17) is 10.5 Å². The molecule has 2 aromatic heterocycles. The van der Waals surface area contributed by atoms with E-state index in [9.17, 15) is 0 Å². The molecule has 0 spiro atoms. The van der Waals surface area contributed by atoms with Gasteiger partial charge < -0.3 is 10.5 Å². The van der Waals surface area contributed by atoms with Gasteiger partial charge in [-0.3, -0.25) is 0 Å². The highest BCUT2D eigenvalue weighted by Gasteiger charge is 2.15. The van der Waals surface area contributed by atoms with Gasteiger partial charge in [0.1, 0.15) is 6.33 Å². The third-order valence-electron chi connectivity index (χ3n) is 2.61. The Morgan fingerprint density at radius 2 is 2.17 bits per heavy atom. The zero-order valence-electron chi connectivity index (χ0n) is 10.7. The smallest absolute Gasteiger partial charge is 0.216 e. The van der Waals surface area contributed by atoms with E-state index >= 15 is 0 Å². The van der Waals surface area contributed by atoms with E-state index in [1.54, 1.807) is 18.4 Å². The van der Waals surface area contributed by atoms with E-state index in [2.05, 4.69) is 15.0 Å². The van der Waals surface area contributed by atoms with Crippen LogP contribution < -0.4 is 10.5 Å². The zero-order chi connectivity index (χ0) is 13.1. The number of nitrogens with two attached hydrogens (primary N) is 1. The Balaban J connectivity index is 2.15. The van der Waals surface area contributed by atoms with E-state index in [-0.39, 0.29) is 6.04 Å². The number of nitrogens with zero attached hydrogens (tertiary/aromatic N) is 3. The van der Waals surface area contributed by atoms with Crippen molar-refractivity contribution in [1.29, 1.82) is 0 Å². The van der Waals surface area contributed by atoms with Gasteiger partial charge in [0.15, 0.2) is 0 Å². The predicted octanol–water partition coefficient (Wildman–Crippen LogP) is 1.80. The average molecular weight is 264 g/mol. The average Bonchev–Trinajstić information content (AvgIpc) is 2.69. The minimum absolute atomic E-state index is 0.0872. The van der Waals surface area contributed by atoms with Crippen LogP contribution in [0.2, 0.25) is 0 Å². The monoisotopic (exact) mass is 264 g/mol. The largest absolute Gasteiger partial charge is 0.481 e. The van der Waals surface area contributed by atoms with Gasteiger partial charge in [0.05, 0.1) is 17.8 Å². The maximum absolute atomic E-state index is 6.20. The molecule has 2 N–H and O–H groups in total. The van der Waals surface area contributed by atoms with Crippen molar-refractivity contribution in [3.63, 3.8) is 0 Å². The van der Waals surface area contributed by atoms with E-state index in [0.29, 0.717) is 12.3 Å². The molecule has 0 bridgehead atoms. The molecule has 2 heterocycles. The van der Waals surface area contributed by atoms with Gasteiger partial charge in [0.25, 0.3) is 0 Å². The highest BCUT2D eigenvalue weighted by molar-refractivity contribution is 7.11. The van der Waals surface area contributed by atoms with Crippen LogP contribution in [0.15, 0.2) is 12.4 Å². The topological polar surface area (TPSA) is 73.9 Å². The van der Waals surface area contributed by atoms with Gasteiger partial charge in [-0.05, 0) is 13.8 Å². The second kappa shape index (κ2) is 5.41. The number of methoxy groups -OCH3 is 1. The molecule has 1 unspecified atom stereocenters. The van der Waals surface area contributed by atoms with Crippen molar-refractivity contribution in [3.8, 4) is 5.88 Å². The molecule has 5 nitrogen and oxygen atoms in total. The summed E-state index contributed by atoms with van der Waals surface area (Å²) in [6, 6.07) is 1.72. The molecular formula is C12H16N4OS. The lowest BCUT2D eigenvalue weighted by molar-refractivity contribution is 0.395. The number of aryl methyl sites for hydroxylation is 2. The minimum atomic E-state index is -0.0872. The Hall–Kier alpha value is -1.53. The molecule has 0 saturated carbocycles. The van der Waals surface area contributed by atoms with Crippen molar-refractivity contribution in [3.05, 3.63) is 33.7 Å². The molecule has 0 amide bonds. The van der Waals surface area contributed by atoms with Gasteiger partial charge >= 0.3 is 0 Å². The van der Waals surface area contributed by atoms with Crippen LogP contribution in [-0.4, -0.2) is 22.1 Å². The zero-order valence-corrected chi connectivity index (χ0v) is 11.5. The van der Waals surface area contributed by atoms with Crippen LogP contribution in [0, 0.1) is 13.8 Å². The second-order valence-corrected chi connectivity index (χ2v) is 5.28. The fourth-order valence-electron chi connectivity index (χ4n) is 1.81. The first-order valence-electron chi connectivity index (χ1n) is 5.64. The van der Waals surface area contributed by atoms with Crippen molar-refractivity contribution in [1.82, 2.24) is 15.0 Å². The first-order valence-corrected chi connectivity index (χ1v) is 6.46. The maximum Gasteiger partial charge on any atom is 0.216 e. The third-order valence-corrected chi connectivity index (χ3v) is 3.82. The molecule has 0 aliphatic carbocycles. The molecule has 2 rings (SSSR count). The summed E-state index contributed by atoms with van der Waals surface area (Å²) in [6.45, 7) is 3.97. The lowest BCUT2D eigenvalue weighted by Crippen LogP contribution is -2.14. The van der Waals surface area contributed by atoms with Crippen molar-refractivity contribution in [2.45, 2.75) is 26.3 Å². The van der Waals surface area contributed by atoms with Crippen LogP contribution in [0.5, 0.6) is 5.88 Å². The van der Waals surface area contributed by atoms with Crippen molar-refractivity contribution in [2.24, 2.45) is 5.73 Å². The Bertz CT molecular complexity index is 541. The highest BCUT2D eigenvalue weighted by atomic mass is 32.1. The lowest BCUT2D eigenvalue weighted by Gasteiger charge is -2.10. The summed E-state index contributed by atoms with van der Waals surface area (Å²) in [4.78, 5) is 13.7. The second-order valence-electron chi connectivity index (χ2n) is 4.04. The van der Waals surface area contributed by atoms with E-state index in [1.807, 2.05) is 19.9 Å². The highest BCUT2D eigenvalue weighted by Crippen LogP contribution is 2.25. The van der Waals surface area contributed by atoms with Crippen LogP contribution >= 0.6 is 11.3 Å². The summed E-state index contributed by atoms with van der Waals surface area (Å²) >= 11 is 1.64. The van der Waals surface area contributed by atoms with Gasteiger partial charge in [-0.1, -0.05) is 0 Å². The summed E-state index contributed by atoms with van der Waals surface area (Å²) in [5.41, 5.74) is 8.08. The van der Waals surface area contributed by atoms with Gasteiger partial charge in [-0.2, -0.15) is 0 Å². The number of thiazole rings is 1. The molecule has 96 valence electrons. The van der Waals surface area contributed by atoms with E-state index in [0.717, 1.165) is 21.3 Å².